The number of hydroxylamine groups is 1. The Bertz CT molecular complexity index is 1370. The first-order valence-corrected chi connectivity index (χ1v) is 13.6. The van der Waals surface area contributed by atoms with Gasteiger partial charge in [0.15, 0.2) is 0 Å². The number of nitrogens with zero attached hydrogens (tertiary/aromatic N) is 2. The number of para-hydroxylation sites is 1. The van der Waals surface area contributed by atoms with E-state index in [9.17, 15) is 14.4 Å². The number of amides is 3. The molecule has 40 heavy (non-hydrogen) atoms. The van der Waals surface area contributed by atoms with Crippen LogP contribution >= 0.6 is 0 Å². The van der Waals surface area contributed by atoms with E-state index < -0.39 is 5.91 Å². The van der Waals surface area contributed by atoms with Crippen LogP contribution in [0.4, 0.5) is 0 Å². The van der Waals surface area contributed by atoms with E-state index in [2.05, 4.69) is 10.3 Å². The van der Waals surface area contributed by atoms with Crippen molar-refractivity contribution in [1.29, 1.82) is 0 Å². The molecule has 3 amide bonds. The summed E-state index contributed by atoms with van der Waals surface area (Å²) in [6.07, 6.45) is 0.913. The summed E-state index contributed by atoms with van der Waals surface area (Å²) < 4.78 is 6.02. The number of aryl methyl sites for hydroxylation is 1. The van der Waals surface area contributed by atoms with Crippen molar-refractivity contribution < 1.29 is 24.3 Å². The highest BCUT2D eigenvalue weighted by Crippen LogP contribution is 2.26. The Hall–Kier alpha value is -3.98. The first-order valence-electron chi connectivity index (χ1n) is 13.6. The molecule has 9 nitrogen and oxygen atoms in total. The number of fused-ring (bicyclic) bond motifs is 1. The number of pyridine rings is 1. The number of hydrogen-bond acceptors (Lipinski definition) is 6. The van der Waals surface area contributed by atoms with Gasteiger partial charge >= 0.3 is 0 Å². The van der Waals surface area contributed by atoms with Gasteiger partial charge in [-0.25, -0.2) is 5.48 Å². The summed E-state index contributed by atoms with van der Waals surface area (Å²) in [5.41, 5.74) is 4.87. The van der Waals surface area contributed by atoms with Crippen LogP contribution in [0.5, 0.6) is 5.75 Å². The zero-order valence-corrected chi connectivity index (χ0v) is 23.6. The van der Waals surface area contributed by atoms with E-state index in [4.69, 9.17) is 9.94 Å². The van der Waals surface area contributed by atoms with Crippen LogP contribution in [0, 0.1) is 18.3 Å². The van der Waals surface area contributed by atoms with E-state index in [0.29, 0.717) is 43.9 Å². The zero-order valence-electron chi connectivity index (χ0n) is 23.6. The van der Waals surface area contributed by atoms with Crippen molar-refractivity contribution in [2.45, 2.75) is 59.6 Å². The molecule has 1 fully saturated rings. The van der Waals surface area contributed by atoms with Crippen LogP contribution in [0.15, 0.2) is 54.6 Å². The third-order valence-electron chi connectivity index (χ3n) is 7.10. The Morgan fingerprint density at radius 3 is 2.52 bits per heavy atom. The molecule has 4 rings (SSSR count). The fraction of sp³-hybridized carbons (Fsp3) is 0.419. The number of nitrogens with one attached hydrogen (secondary N) is 2. The third kappa shape index (κ3) is 7.57. The highest BCUT2D eigenvalue weighted by molar-refractivity contribution is 5.94. The highest BCUT2D eigenvalue weighted by atomic mass is 16.5. The molecule has 3 aromatic rings. The molecule has 2 heterocycles. The van der Waals surface area contributed by atoms with Gasteiger partial charge in [-0.15, -0.1) is 0 Å². The van der Waals surface area contributed by atoms with Crippen LogP contribution in [0.3, 0.4) is 0 Å². The SMILES string of the molecule is Cc1cc(COc2ccc(C(=O)N[C@@H]3CCN(C(=O)CC(C)(C)C)C[C@@H]3CC(=O)NO)cc2)c2ccccc2n1. The molecule has 2 atom stereocenters. The molecule has 1 aliphatic heterocycles. The Labute approximate surface area is 234 Å². The van der Waals surface area contributed by atoms with Crippen LogP contribution in [0.1, 0.15) is 61.6 Å². The predicted molar refractivity (Wildman–Crippen MR) is 152 cm³/mol. The van der Waals surface area contributed by atoms with E-state index in [1.807, 2.05) is 58.0 Å². The molecule has 0 radical (unpaired) electrons. The number of piperidine rings is 1. The number of aromatic nitrogens is 1. The summed E-state index contributed by atoms with van der Waals surface area (Å²) in [6, 6.07) is 16.6. The molecule has 1 aromatic heterocycles. The van der Waals surface area contributed by atoms with Crippen LogP contribution in [-0.2, 0) is 16.2 Å². The molecular formula is C31H38N4O5. The minimum Gasteiger partial charge on any atom is -0.489 e. The maximum atomic E-state index is 13.1. The second-order valence-electron chi connectivity index (χ2n) is 11.7. The molecule has 2 aromatic carbocycles. The van der Waals surface area contributed by atoms with E-state index in [1.54, 1.807) is 34.6 Å². The lowest BCUT2D eigenvalue weighted by molar-refractivity contribution is -0.137. The molecule has 9 heteroatoms. The molecular weight excluding hydrogens is 508 g/mol. The van der Waals surface area contributed by atoms with Crippen molar-refractivity contribution in [2.75, 3.05) is 13.1 Å². The van der Waals surface area contributed by atoms with Gasteiger partial charge in [0.1, 0.15) is 12.4 Å². The summed E-state index contributed by atoms with van der Waals surface area (Å²) in [5.74, 6) is -0.477. The van der Waals surface area contributed by atoms with Gasteiger partial charge in [0.2, 0.25) is 11.8 Å². The van der Waals surface area contributed by atoms with Crippen LogP contribution in [0.25, 0.3) is 10.9 Å². The summed E-state index contributed by atoms with van der Waals surface area (Å²) in [6.45, 7) is 9.18. The minimum atomic E-state index is -0.548. The van der Waals surface area contributed by atoms with Gasteiger partial charge in [-0.2, -0.15) is 0 Å². The molecule has 0 spiro atoms. The van der Waals surface area contributed by atoms with Crippen molar-refractivity contribution in [3.05, 3.63) is 71.4 Å². The molecule has 0 bridgehead atoms. The van der Waals surface area contributed by atoms with Crippen molar-refractivity contribution in [3.8, 4) is 5.75 Å². The lowest BCUT2D eigenvalue weighted by Gasteiger charge is -2.39. The normalized spacial score (nSPS) is 17.4. The zero-order chi connectivity index (χ0) is 28.9. The number of likely N-dealkylation sites (tertiary alicyclic amines) is 1. The number of hydrogen-bond donors (Lipinski definition) is 3. The minimum absolute atomic E-state index is 0.00329. The highest BCUT2D eigenvalue weighted by Gasteiger charge is 2.34. The van der Waals surface area contributed by atoms with Crippen LogP contribution in [0.2, 0.25) is 0 Å². The van der Waals surface area contributed by atoms with Crippen LogP contribution in [-0.4, -0.2) is 51.9 Å². The quantitative estimate of drug-likeness (QED) is 0.285. The smallest absolute Gasteiger partial charge is 0.251 e. The summed E-state index contributed by atoms with van der Waals surface area (Å²) in [7, 11) is 0. The molecule has 0 aliphatic carbocycles. The van der Waals surface area contributed by atoms with Gasteiger partial charge in [-0.3, -0.25) is 24.6 Å². The lowest BCUT2D eigenvalue weighted by atomic mass is 9.87. The van der Waals surface area contributed by atoms with Crippen molar-refractivity contribution in [1.82, 2.24) is 20.7 Å². The third-order valence-corrected chi connectivity index (χ3v) is 7.10. The van der Waals surface area contributed by atoms with Gasteiger partial charge in [-0.05, 0) is 55.2 Å². The summed E-state index contributed by atoms with van der Waals surface area (Å²) in [4.78, 5) is 44.2. The van der Waals surface area contributed by atoms with E-state index >= 15 is 0 Å². The topological polar surface area (TPSA) is 121 Å². The summed E-state index contributed by atoms with van der Waals surface area (Å²) in [5, 5.41) is 13.1. The van der Waals surface area contributed by atoms with Gasteiger partial charge in [-0.1, -0.05) is 39.0 Å². The number of carbonyl (C=O) groups excluding carboxylic acids is 3. The van der Waals surface area contributed by atoms with E-state index in [-0.39, 0.29) is 35.6 Å². The predicted octanol–water partition coefficient (Wildman–Crippen LogP) is 4.40. The van der Waals surface area contributed by atoms with E-state index in [1.165, 1.54) is 0 Å². The van der Waals surface area contributed by atoms with Crippen molar-refractivity contribution in [2.24, 2.45) is 11.3 Å². The number of benzene rings is 2. The summed E-state index contributed by atoms with van der Waals surface area (Å²) >= 11 is 0. The Kier molecular flexibility index (Phi) is 9.04. The first kappa shape index (κ1) is 29.0. The van der Waals surface area contributed by atoms with Gasteiger partial charge in [0.25, 0.3) is 5.91 Å². The monoisotopic (exact) mass is 546 g/mol. The van der Waals surface area contributed by atoms with Gasteiger partial charge in [0.05, 0.1) is 5.52 Å². The first-order chi connectivity index (χ1) is 19.0. The Morgan fingerprint density at radius 1 is 1.10 bits per heavy atom. The molecule has 1 saturated heterocycles. The van der Waals surface area contributed by atoms with Crippen molar-refractivity contribution >= 4 is 28.6 Å². The largest absolute Gasteiger partial charge is 0.489 e. The second-order valence-corrected chi connectivity index (χ2v) is 11.7. The molecule has 0 unspecified atom stereocenters. The number of carbonyl (C=O) groups is 3. The standard InChI is InChI=1S/C31H38N4O5/c1-20-15-23(25-7-5-6-8-27(25)32-20)19-40-24-11-9-21(10-12-24)30(38)33-26-13-14-35(29(37)17-31(2,3)4)18-22(26)16-28(36)34-39/h5-12,15,22,26,39H,13-14,16-19H2,1-4H3,(H,33,38)(H,34,36)/t22-,26+/m0/s1. The molecule has 3 N–H and O–H groups in total. The van der Waals surface area contributed by atoms with Gasteiger partial charge < -0.3 is 15.0 Å². The average molecular weight is 547 g/mol. The number of rotatable bonds is 8. The second kappa shape index (κ2) is 12.5. The average Bonchev–Trinajstić information content (AvgIpc) is 2.91. The fourth-order valence-electron chi connectivity index (χ4n) is 5.13. The fourth-order valence-corrected chi connectivity index (χ4v) is 5.13. The number of ether oxygens (including phenoxy) is 1. The molecule has 1 aliphatic rings. The maximum Gasteiger partial charge on any atom is 0.251 e. The van der Waals surface area contributed by atoms with E-state index in [0.717, 1.165) is 22.2 Å². The molecule has 212 valence electrons. The van der Waals surface area contributed by atoms with Crippen molar-refractivity contribution in [3.63, 3.8) is 0 Å². The Morgan fingerprint density at radius 2 is 1.82 bits per heavy atom. The lowest BCUT2D eigenvalue weighted by Crippen LogP contribution is -2.53. The van der Waals surface area contributed by atoms with Gasteiger partial charge in [0, 0.05) is 60.1 Å². The maximum absolute atomic E-state index is 13.1. The van der Waals surface area contributed by atoms with Crippen LogP contribution < -0.4 is 15.5 Å². The Balaban J connectivity index is 1.38. The molecule has 0 saturated carbocycles.